The van der Waals surface area contributed by atoms with Gasteiger partial charge in [0.25, 0.3) is 0 Å². The van der Waals surface area contributed by atoms with Crippen LogP contribution in [-0.2, 0) is 15.1 Å². The van der Waals surface area contributed by atoms with E-state index in [-0.39, 0.29) is 40.3 Å². The van der Waals surface area contributed by atoms with E-state index in [1.54, 1.807) is 6.92 Å². The van der Waals surface area contributed by atoms with Crippen molar-refractivity contribution in [3.05, 3.63) is 0 Å². The zero-order chi connectivity index (χ0) is 24.3. The van der Waals surface area contributed by atoms with Gasteiger partial charge >= 0.3 is 10.3 Å². The van der Waals surface area contributed by atoms with Crippen molar-refractivity contribution in [2.24, 2.45) is 46.3 Å². The van der Waals surface area contributed by atoms with Gasteiger partial charge in [-0.25, -0.2) is 0 Å². The van der Waals surface area contributed by atoms with Crippen molar-refractivity contribution in [1.82, 2.24) is 4.72 Å². The van der Waals surface area contributed by atoms with E-state index in [0.29, 0.717) is 31.1 Å². The molecule has 0 aliphatic heterocycles. The van der Waals surface area contributed by atoms with E-state index in [4.69, 9.17) is 0 Å². The molecule has 0 bridgehead atoms. The summed E-state index contributed by atoms with van der Waals surface area (Å²) in [5, 5.41) is 21.8. The lowest BCUT2D eigenvalue weighted by molar-refractivity contribution is -0.184. The first-order chi connectivity index (χ1) is 15.3. The fourth-order valence-electron chi connectivity index (χ4n) is 9.20. The highest BCUT2D eigenvalue weighted by molar-refractivity contribution is 7.83. The molecule has 4 N–H and O–H groups in total. The second kappa shape index (κ2) is 8.84. The van der Waals surface area contributed by atoms with Crippen LogP contribution in [0.3, 0.4) is 0 Å². The number of fused-ring (bicyclic) bond motifs is 5. The molecular weight excluding hydrogens is 442 g/mol. The standard InChI is InChI=1S/C25H43NO6S/c1-14(5-6-15(2)27)17-7-8-18-21-19(10-12-24(17,18)3)25(4)11-9-16(28)13-20(25)23(29)22(21)26-33(30,31)32/h14,16-23,26,28-29H,5-13H2,1-4H3,(H,30,31,32)/t14-,16-,17-,18+,19+,20+,21+,22?,23-,24-,25-/m1/s1. The van der Waals surface area contributed by atoms with Crippen LogP contribution in [0, 0.1) is 46.3 Å². The zero-order valence-electron chi connectivity index (χ0n) is 20.5. The third kappa shape index (κ3) is 4.44. The fourth-order valence-corrected chi connectivity index (χ4v) is 9.84. The molecule has 4 rings (SSSR count). The number of carbonyl (C=O) groups is 1. The molecule has 4 aliphatic rings. The zero-order valence-corrected chi connectivity index (χ0v) is 21.4. The molecule has 33 heavy (non-hydrogen) atoms. The number of nitrogens with one attached hydrogen (secondary N) is 1. The van der Waals surface area contributed by atoms with E-state index in [1.165, 1.54) is 0 Å². The van der Waals surface area contributed by atoms with Crippen LogP contribution in [0.25, 0.3) is 0 Å². The van der Waals surface area contributed by atoms with Gasteiger partial charge in [0, 0.05) is 6.42 Å². The lowest BCUT2D eigenvalue weighted by Gasteiger charge is -2.64. The van der Waals surface area contributed by atoms with E-state index in [9.17, 15) is 28.0 Å². The van der Waals surface area contributed by atoms with E-state index < -0.39 is 28.6 Å². The molecule has 4 aliphatic carbocycles. The number of hydrogen-bond acceptors (Lipinski definition) is 5. The van der Waals surface area contributed by atoms with Crippen molar-refractivity contribution in [1.29, 1.82) is 0 Å². The Balaban J connectivity index is 1.69. The van der Waals surface area contributed by atoms with Gasteiger partial charge in [0.15, 0.2) is 0 Å². The van der Waals surface area contributed by atoms with E-state index >= 15 is 0 Å². The van der Waals surface area contributed by atoms with Crippen LogP contribution in [0.2, 0.25) is 0 Å². The molecule has 4 saturated carbocycles. The number of hydrogen-bond donors (Lipinski definition) is 4. The minimum Gasteiger partial charge on any atom is -0.393 e. The highest BCUT2D eigenvalue weighted by Crippen LogP contribution is 2.68. The number of Topliss-reactive ketones (excluding diaryl/α,β-unsaturated/α-hetero) is 1. The first-order valence-corrected chi connectivity index (χ1v) is 14.3. The Morgan fingerprint density at radius 2 is 1.67 bits per heavy atom. The maximum Gasteiger partial charge on any atom is 0.333 e. The van der Waals surface area contributed by atoms with Crippen molar-refractivity contribution < 1.29 is 28.0 Å². The Hall–Kier alpha value is -0.540. The maximum atomic E-state index is 12.0. The molecular formula is C25H43NO6S. The van der Waals surface area contributed by atoms with E-state index in [0.717, 1.165) is 38.5 Å². The SMILES string of the molecule is CC(=O)CC[C@@H](C)[C@H]1CC[C@H]2[C@@H]3C(NS(=O)(=O)O)[C@H](O)[C@@H]4C[C@H](O)CC[C@]4(C)[C@H]3CC[C@]12C. The second-order valence-corrected chi connectivity index (χ2v) is 13.6. The molecule has 0 aromatic carbocycles. The van der Waals surface area contributed by atoms with Gasteiger partial charge in [-0.1, -0.05) is 20.8 Å². The topological polar surface area (TPSA) is 124 Å². The highest BCUT2D eigenvalue weighted by Gasteiger charge is 2.65. The summed E-state index contributed by atoms with van der Waals surface area (Å²) in [6, 6.07) is -0.746. The minimum absolute atomic E-state index is 0.0214. The van der Waals surface area contributed by atoms with Crippen LogP contribution >= 0.6 is 0 Å². The first-order valence-electron chi connectivity index (χ1n) is 12.9. The Labute approximate surface area is 199 Å². The first kappa shape index (κ1) is 25.5. The van der Waals surface area contributed by atoms with Gasteiger partial charge in [-0.15, -0.1) is 0 Å². The largest absolute Gasteiger partial charge is 0.393 e. The average molecular weight is 486 g/mol. The van der Waals surface area contributed by atoms with Crippen molar-refractivity contribution in [2.75, 3.05) is 0 Å². The molecule has 11 atom stereocenters. The van der Waals surface area contributed by atoms with Crippen LogP contribution in [0.5, 0.6) is 0 Å². The summed E-state index contributed by atoms with van der Waals surface area (Å²) in [4.78, 5) is 11.6. The van der Waals surface area contributed by atoms with Crippen LogP contribution in [0.15, 0.2) is 0 Å². The number of rotatable bonds is 6. The Morgan fingerprint density at radius 1 is 1.03 bits per heavy atom. The van der Waals surface area contributed by atoms with Crippen molar-refractivity contribution in [3.63, 3.8) is 0 Å². The van der Waals surface area contributed by atoms with Gasteiger partial charge in [-0.3, -0.25) is 4.55 Å². The monoisotopic (exact) mass is 485 g/mol. The molecule has 1 unspecified atom stereocenters. The minimum atomic E-state index is -4.48. The predicted octanol–water partition coefficient (Wildman–Crippen LogP) is 3.35. The molecule has 190 valence electrons. The Bertz CT molecular complexity index is 863. The van der Waals surface area contributed by atoms with Gasteiger partial charge in [0.05, 0.1) is 18.2 Å². The summed E-state index contributed by atoms with van der Waals surface area (Å²) in [6.45, 7) is 8.46. The maximum absolute atomic E-state index is 12.0. The third-order valence-corrected chi connectivity index (χ3v) is 11.3. The van der Waals surface area contributed by atoms with Crippen molar-refractivity contribution >= 4 is 16.1 Å². The summed E-state index contributed by atoms with van der Waals surface area (Å²) in [5.41, 5.74) is -0.131. The van der Waals surface area contributed by atoms with E-state index in [1.807, 2.05) is 0 Å². The highest BCUT2D eigenvalue weighted by atomic mass is 32.2. The van der Waals surface area contributed by atoms with Crippen molar-refractivity contribution in [3.8, 4) is 0 Å². The molecule has 0 saturated heterocycles. The number of aliphatic hydroxyl groups is 2. The molecule has 7 nitrogen and oxygen atoms in total. The predicted molar refractivity (Wildman–Crippen MR) is 126 cm³/mol. The molecule has 0 aromatic heterocycles. The normalized spacial score (nSPS) is 48.5. The van der Waals surface area contributed by atoms with Crippen LogP contribution in [0.4, 0.5) is 0 Å². The van der Waals surface area contributed by atoms with Gasteiger partial charge in [0.1, 0.15) is 5.78 Å². The summed E-state index contributed by atoms with van der Waals surface area (Å²) in [5.74, 6) is 1.33. The molecule has 0 radical (unpaired) electrons. The lowest BCUT2D eigenvalue weighted by Crippen LogP contribution is -2.68. The number of ketones is 1. The molecule has 0 aromatic rings. The van der Waals surface area contributed by atoms with Gasteiger partial charge in [0.2, 0.25) is 0 Å². The molecule has 0 amide bonds. The molecule has 0 heterocycles. The smallest absolute Gasteiger partial charge is 0.333 e. The second-order valence-electron chi connectivity index (χ2n) is 12.4. The summed E-state index contributed by atoms with van der Waals surface area (Å²) < 4.78 is 36.1. The fraction of sp³-hybridized carbons (Fsp3) is 0.960. The van der Waals surface area contributed by atoms with Crippen LogP contribution < -0.4 is 4.72 Å². The Morgan fingerprint density at radius 3 is 2.30 bits per heavy atom. The number of carbonyl (C=O) groups excluding carboxylic acids is 1. The summed E-state index contributed by atoms with van der Waals surface area (Å²) in [6.07, 6.45) is 6.13. The number of aliphatic hydroxyl groups excluding tert-OH is 2. The van der Waals surface area contributed by atoms with E-state index in [2.05, 4.69) is 25.5 Å². The Kier molecular flexibility index (Phi) is 6.84. The molecule has 0 spiro atoms. The third-order valence-electron chi connectivity index (χ3n) is 10.8. The average Bonchev–Trinajstić information content (AvgIpc) is 3.07. The quantitative estimate of drug-likeness (QED) is 0.428. The summed E-state index contributed by atoms with van der Waals surface area (Å²) >= 11 is 0. The van der Waals surface area contributed by atoms with Crippen molar-refractivity contribution in [2.45, 2.75) is 104 Å². The molecule has 4 fully saturated rings. The van der Waals surface area contributed by atoms with Gasteiger partial charge in [-0.2, -0.15) is 13.1 Å². The van der Waals surface area contributed by atoms with Crippen LogP contribution in [0.1, 0.15) is 85.5 Å². The van der Waals surface area contributed by atoms with Gasteiger partial charge in [-0.05, 0) is 105 Å². The summed E-state index contributed by atoms with van der Waals surface area (Å²) in [7, 11) is -4.48. The molecule has 8 heteroatoms. The lowest BCUT2D eigenvalue weighted by atomic mass is 9.42. The van der Waals surface area contributed by atoms with Crippen LogP contribution in [-0.4, -0.2) is 47.2 Å². The van der Waals surface area contributed by atoms with Gasteiger partial charge < -0.3 is 15.0 Å².